The summed E-state index contributed by atoms with van der Waals surface area (Å²) in [4.78, 5) is 30.8. The number of fused-ring (bicyclic) bond motifs is 1. The number of rotatable bonds is 6. The van der Waals surface area contributed by atoms with Gasteiger partial charge in [-0.1, -0.05) is 6.07 Å². The number of hydrogen-bond acceptors (Lipinski definition) is 4. The summed E-state index contributed by atoms with van der Waals surface area (Å²) in [6.45, 7) is 3.13. The van der Waals surface area contributed by atoms with Crippen molar-refractivity contribution >= 4 is 28.8 Å². The minimum absolute atomic E-state index is 0.144. The molecule has 0 spiro atoms. The first-order chi connectivity index (χ1) is 16.0. The van der Waals surface area contributed by atoms with Crippen molar-refractivity contribution in [2.45, 2.75) is 26.4 Å². The smallest absolute Gasteiger partial charge is 0.255 e. The Kier molecular flexibility index (Phi) is 5.52. The lowest BCUT2D eigenvalue weighted by Gasteiger charge is -2.16. The molecule has 1 aliphatic heterocycles. The topological polar surface area (TPSA) is 75.9 Å². The molecule has 0 atom stereocenters. The van der Waals surface area contributed by atoms with Gasteiger partial charge in [-0.25, -0.2) is 4.98 Å². The number of amides is 2. The Bertz CT molecular complexity index is 1310. The van der Waals surface area contributed by atoms with Gasteiger partial charge in [0, 0.05) is 42.3 Å². The fourth-order valence-electron chi connectivity index (χ4n) is 3.93. The molecular formula is C26H24N4O3. The minimum atomic E-state index is -0.206. The van der Waals surface area contributed by atoms with Gasteiger partial charge in [0.25, 0.3) is 5.91 Å². The zero-order chi connectivity index (χ0) is 22.8. The van der Waals surface area contributed by atoms with Crippen molar-refractivity contribution in [1.29, 1.82) is 0 Å². The first-order valence-electron chi connectivity index (χ1n) is 10.9. The number of imidazole rings is 1. The summed E-state index contributed by atoms with van der Waals surface area (Å²) in [6.07, 6.45) is 5.46. The lowest BCUT2D eigenvalue weighted by atomic mass is 10.2. The SMILES string of the molecule is Cc1ccc2nc(COc3ccc(C(=O)Nc4ccc(N5CCCC5=O)cc4)cc3)cn2c1. The number of benzene rings is 2. The summed E-state index contributed by atoms with van der Waals surface area (Å²) < 4.78 is 7.82. The number of ether oxygens (including phenoxy) is 1. The highest BCUT2D eigenvalue weighted by molar-refractivity contribution is 6.04. The molecule has 1 N–H and O–H groups in total. The third-order valence-electron chi connectivity index (χ3n) is 5.66. The first-order valence-corrected chi connectivity index (χ1v) is 10.9. The highest BCUT2D eigenvalue weighted by atomic mass is 16.5. The first kappa shape index (κ1) is 20.8. The van der Waals surface area contributed by atoms with E-state index in [1.165, 1.54) is 5.56 Å². The maximum atomic E-state index is 12.6. The van der Waals surface area contributed by atoms with E-state index in [-0.39, 0.29) is 11.8 Å². The molecule has 1 fully saturated rings. The molecule has 1 saturated heterocycles. The van der Waals surface area contributed by atoms with E-state index in [9.17, 15) is 9.59 Å². The fourth-order valence-corrected chi connectivity index (χ4v) is 3.93. The molecule has 0 unspecified atom stereocenters. The number of hydrogen-bond donors (Lipinski definition) is 1. The van der Waals surface area contributed by atoms with E-state index in [0.29, 0.717) is 30.0 Å². The number of aromatic nitrogens is 2. The van der Waals surface area contributed by atoms with Gasteiger partial charge >= 0.3 is 0 Å². The van der Waals surface area contributed by atoms with Crippen LogP contribution in [0.4, 0.5) is 11.4 Å². The van der Waals surface area contributed by atoms with Crippen molar-refractivity contribution in [3.05, 3.63) is 89.9 Å². The predicted octanol–water partition coefficient (Wildman–Crippen LogP) is 4.60. The molecule has 2 amide bonds. The molecule has 2 aromatic carbocycles. The van der Waals surface area contributed by atoms with Crippen LogP contribution in [0, 0.1) is 6.92 Å². The number of nitrogens with one attached hydrogen (secondary N) is 1. The summed E-state index contributed by atoms with van der Waals surface area (Å²) in [6, 6.07) is 18.4. The molecule has 0 aliphatic carbocycles. The normalized spacial score (nSPS) is 13.5. The highest BCUT2D eigenvalue weighted by Crippen LogP contribution is 2.23. The number of pyridine rings is 1. The van der Waals surface area contributed by atoms with Crippen LogP contribution in [0.2, 0.25) is 0 Å². The van der Waals surface area contributed by atoms with E-state index in [1.807, 2.05) is 60.1 Å². The average Bonchev–Trinajstić information content (AvgIpc) is 3.44. The minimum Gasteiger partial charge on any atom is -0.487 e. The molecule has 166 valence electrons. The standard InChI is InChI=1S/C26H24N4O3/c1-18-4-13-24-27-21(16-29(24)15-18)17-33-23-11-5-19(6-12-23)26(32)28-20-7-9-22(10-8-20)30-14-2-3-25(30)31/h4-13,15-16H,2-3,14,17H2,1H3,(H,28,32). The van der Waals surface area contributed by atoms with E-state index in [2.05, 4.69) is 10.3 Å². The van der Waals surface area contributed by atoms with Gasteiger partial charge in [-0.15, -0.1) is 0 Å². The second kappa shape index (κ2) is 8.78. The summed E-state index contributed by atoms with van der Waals surface area (Å²) in [7, 11) is 0. The van der Waals surface area contributed by atoms with Gasteiger partial charge in [0.1, 0.15) is 18.0 Å². The van der Waals surface area contributed by atoms with E-state index < -0.39 is 0 Å². The van der Waals surface area contributed by atoms with Gasteiger partial charge in [0.2, 0.25) is 5.91 Å². The Morgan fingerprint density at radius 2 is 1.82 bits per heavy atom. The third kappa shape index (κ3) is 4.57. The van der Waals surface area contributed by atoms with Crippen LogP contribution in [0.25, 0.3) is 5.65 Å². The van der Waals surface area contributed by atoms with E-state index in [1.54, 1.807) is 29.2 Å². The molecule has 0 saturated carbocycles. The number of carbonyl (C=O) groups is 2. The van der Waals surface area contributed by atoms with Gasteiger partial charge in [-0.2, -0.15) is 0 Å². The average molecular weight is 441 g/mol. The van der Waals surface area contributed by atoms with Crippen molar-refractivity contribution < 1.29 is 14.3 Å². The molecule has 7 nitrogen and oxygen atoms in total. The van der Waals surface area contributed by atoms with Crippen molar-refractivity contribution in [2.24, 2.45) is 0 Å². The Balaban J connectivity index is 1.18. The lowest BCUT2D eigenvalue weighted by molar-refractivity contribution is -0.117. The number of aryl methyl sites for hydroxylation is 1. The van der Waals surface area contributed by atoms with Crippen molar-refractivity contribution in [2.75, 3.05) is 16.8 Å². The zero-order valence-electron chi connectivity index (χ0n) is 18.3. The predicted molar refractivity (Wildman–Crippen MR) is 127 cm³/mol. The molecule has 5 rings (SSSR count). The van der Waals surface area contributed by atoms with Crippen molar-refractivity contribution in [3.8, 4) is 5.75 Å². The summed E-state index contributed by atoms with van der Waals surface area (Å²) >= 11 is 0. The number of anilines is 2. The Morgan fingerprint density at radius 3 is 2.55 bits per heavy atom. The highest BCUT2D eigenvalue weighted by Gasteiger charge is 2.21. The fraction of sp³-hybridized carbons (Fsp3) is 0.192. The van der Waals surface area contributed by atoms with Crippen LogP contribution in [0.1, 0.15) is 34.5 Å². The Hall–Kier alpha value is -4.13. The van der Waals surface area contributed by atoms with Crippen LogP contribution >= 0.6 is 0 Å². The molecular weight excluding hydrogens is 416 g/mol. The van der Waals surface area contributed by atoms with Crippen molar-refractivity contribution in [3.63, 3.8) is 0 Å². The van der Waals surface area contributed by atoms with Gasteiger partial charge < -0.3 is 19.4 Å². The maximum Gasteiger partial charge on any atom is 0.255 e. The largest absolute Gasteiger partial charge is 0.487 e. The van der Waals surface area contributed by atoms with Gasteiger partial charge in [-0.05, 0) is 73.5 Å². The maximum absolute atomic E-state index is 12.6. The van der Waals surface area contributed by atoms with E-state index in [0.717, 1.165) is 30.0 Å². The lowest BCUT2D eigenvalue weighted by Crippen LogP contribution is -2.23. The van der Waals surface area contributed by atoms with Gasteiger partial charge in [0.15, 0.2) is 0 Å². The molecule has 0 bridgehead atoms. The molecule has 7 heteroatoms. The van der Waals surface area contributed by atoms with E-state index >= 15 is 0 Å². The zero-order valence-corrected chi connectivity index (χ0v) is 18.3. The molecule has 0 radical (unpaired) electrons. The van der Waals surface area contributed by atoms with Crippen LogP contribution in [0.3, 0.4) is 0 Å². The second-order valence-corrected chi connectivity index (χ2v) is 8.17. The third-order valence-corrected chi connectivity index (χ3v) is 5.66. The van der Waals surface area contributed by atoms with Crippen LogP contribution < -0.4 is 15.0 Å². The van der Waals surface area contributed by atoms with Crippen LogP contribution in [-0.2, 0) is 11.4 Å². The number of carbonyl (C=O) groups excluding carboxylic acids is 2. The van der Waals surface area contributed by atoms with Crippen LogP contribution in [0.15, 0.2) is 73.1 Å². The summed E-state index contributed by atoms with van der Waals surface area (Å²) in [5.74, 6) is 0.604. The van der Waals surface area contributed by atoms with Crippen molar-refractivity contribution in [1.82, 2.24) is 9.38 Å². The Morgan fingerprint density at radius 1 is 1.03 bits per heavy atom. The molecule has 1 aliphatic rings. The second-order valence-electron chi connectivity index (χ2n) is 8.17. The monoisotopic (exact) mass is 440 g/mol. The van der Waals surface area contributed by atoms with E-state index in [4.69, 9.17) is 4.74 Å². The molecule has 4 aromatic rings. The van der Waals surface area contributed by atoms with Crippen LogP contribution in [0.5, 0.6) is 5.75 Å². The number of nitrogens with zero attached hydrogens (tertiary/aromatic N) is 3. The molecule has 33 heavy (non-hydrogen) atoms. The van der Waals surface area contributed by atoms with Gasteiger partial charge in [0.05, 0.1) is 5.69 Å². The summed E-state index contributed by atoms with van der Waals surface area (Å²) in [5, 5.41) is 2.89. The molecule has 3 heterocycles. The Labute approximate surface area is 191 Å². The van der Waals surface area contributed by atoms with Gasteiger partial charge in [-0.3, -0.25) is 9.59 Å². The molecule has 2 aromatic heterocycles. The quantitative estimate of drug-likeness (QED) is 0.475. The summed E-state index contributed by atoms with van der Waals surface area (Å²) in [5.41, 5.74) is 4.95. The van der Waals surface area contributed by atoms with Crippen LogP contribution in [-0.4, -0.2) is 27.7 Å².